The Kier molecular flexibility index (Phi) is 13.0. The van der Waals surface area contributed by atoms with Crippen LogP contribution in [0.25, 0.3) is 0 Å². The van der Waals surface area contributed by atoms with Crippen LogP contribution in [-0.4, -0.2) is 55.2 Å². The van der Waals surface area contributed by atoms with Crippen LogP contribution < -0.4 is 42.7 Å². The van der Waals surface area contributed by atoms with Crippen molar-refractivity contribution in [1.82, 2.24) is 21.5 Å². The minimum absolute atomic E-state index is 0.386. The van der Waals surface area contributed by atoms with Gasteiger partial charge in [0.1, 0.15) is 28.9 Å². The number of hydrazone groups is 2. The predicted octanol–water partition coefficient (Wildman–Crippen LogP) is 4.33. The van der Waals surface area contributed by atoms with Crippen molar-refractivity contribution in [2.75, 3.05) is 38.9 Å². The zero-order chi connectivity index (χ0) is 31.9. The van der Waals surface area contributed by atoms with E-state index in [1.807, 2.05) is 38.2 Å². The van der Waals surface area contributed by atoms with Crippen molar-refractivity contribution in [3.05, 3.63) is 121 Å². The molecule has 0 heterocycles. The number of benzene rings is 4. The van der Waals surface area contributed by atoms with Crippen molar-refractivity contribution in [2.24, 2.45) is 10.2 Å². The van der Waals surface area contributed by atoms with E-state index < -0.39 is 7.26 Å². The first-order valence-corrected chi connectivity index (χ1v) is 17.3. The average molecular weight is 657 g/mol. The Balaban J connectivity index is 1.41. The standard InChI is InChI=1S/C34H38N7OPS2/c1-26(32(39-40-33(44)36-3)27-19-21-28(35-2)22-20-27)38-41-34(45)37-23-24-42-25-43(29-13-7-4-8-14-29,30-15-9-5-10-16-30)31-17-11-6-12-18-31/h4-22H,23-25H2,1-3H3,(H4-,35,36,37,38,39,40,41,44,45)/p+1. The molecule has 0 saturated carbocycles. The molecule has 0 radical (unpaired) electrons. The molecule has 0 aromatic heterocycles. The van der Waals surface area contributed by atoms with E-state index in [0.717, 1.165) is 11.3 Å². The van der Waals surface area contributed by atoms with Gasteiger partial charge >= 0.3 is 0 Å². The van der Waals surface area contributed by atoms with Gasteiger partial charge in [-0.15, -0.1) is 0 Å². The van der Waals surface area contributed by atoms with Crippen molar-refractivity contribution in [3.63, 3.8) is 0 Å². The summed E-state index contributed by atoms with van der Waals surface area (Å²) in [5.41, 5.74) is 8.89. The highest BCUT2D eigenvalue weighted by atomic mass is 32.1. The number of rotatable bonds is 13. The number of thiocarbonyl (C=S) groups is 2. The fraction of sp³-hybridized carbons (Fsp3) is 0.176. The summed E-state index contributed by atoms with van der Waals surface area (Å²) in [7, 11) is 1.54. The van der Waals surface area contributed by atoms with Crippen molar-refractivity contribution in [2.45, 2.75) is 6.92 Å². The number of hydrogen-bond acceptors (Lipinski definition) is 6. The maximum atomic E-state index is 6.43. The number of anilines is 1. The van der Waals surface area contributed by atoms with Crippen LogP contribution in [0.3, 0.4) is 0 Å². The van der Waals surface area contributed by atoms with Crippen LogP contribution in [0.15, 0.2) is 125 Å². The van der Waals surface area contributed by atoms with Gasteiger partial charge in [0, 0.05) is 31.9 Å². The summed E-state index contributed by atoms with van der Waals surface area (Å²) in [6, 6.07) is 39.9. The minimum Gasteiger partial charge on any atom is -0.388 e. The molecule has 0 spiro atoms. The Morgan fingerprint density at radius 1 is 0.689 bits per heavy atom. The van der Waals surface area contributed by atoms with Gasteiger partial charge in [0.15, 0.2) is 16.6 Å². The van der Waals surface area contributed by atoms with Crippen LogP contribution in [0.4, 0.5) is 5.69 Å². The summed E-state index contributed by atoms with van der Waals surface area (Å²) in [6.07, 6.45) is 0.567. The summed E-state index contributed by atoms with van der Waals surface area (Å²) < 4.78 is 6.43. The van der Waals surface area contributed by atoms with E-state index in [0.29, 0.717) is 41.1 Å². The topological polar surface area (TPSA) is 94.1 Å². The molecule has 4 aromatic carbocycles. The molecule has 0 bridgehead atoms. The molecule has 232 valence electrons. The van der Waals surface area contributed by atoms with E-state index in [1.54, 1.807) is 7.05 Å². The highest BCUT2D eigenvalue weighted by Gasteiger charge is 2.45. The van der Waals surface area contributed by atoms with Crippen LogP contribution in [0.5, 0.6) is 0 Å². The van der Waals surface area contributed by atoms with Crippen molar-refractivity contribution >= 4 is 74.9 Å². The summed E-state index contributed by atoms with van der Waals surface area (Å²) in [6.45, 7) is 2.84. The molecule has 0 aliphatic rings. The molecule has 11 heteroatoms. The third kappa shape index (κ3) is 9.15. The van der Waals surface area contributed by atoms with Gasteiger partial charge in [-0.1, -0.05) is 66.7 Å². The molecule has 0 fully saturated rings. The van der Waals surface area contributed by atoms with Crippen LogP contribution in [0.2, 0.25) is 0 Å². The number of nitrogens with one attached hydrogen (secondary N) is 5. The minimum atomic E-state index is -2.06. The number of nitrogens with zero attached hydrogens (tertiary/aromatic N) is 2. The largest absolute Gasteiger partial charge is 0.388 e. The van der Waals surface area contributed by atoms with Gasteiger partial charge in [-0.25, -0.2) is 0 Å². The summed E-state index contributed by atoms with van der Waals surface area (Å²) in [4.78, 5) is 0. The Hall–Kier alpha value is -4.21. The van der Waals surface area contributed by atoms with Gasteiger partial charge in [0.05, 0.1) is 12.3 Å². The molecule has 0 saturated heterocycles. The van der Waals surface area contributed by atoms with Crippen LogP contribution in [-0.2, 0) is 4.74 Å². The first-order valence-electron chi connectivity index (χ1n) is 14.5. The van der Waals surface area contributed by atoms with Crippen LogP contribution in [0, 0.1) is 0 Å². The van der Waals surface area contributed by atoms with Gasteiger partial charge in [-0.3, -0.25) is 10.9 Å². The van der Waals surface area contributed by atoms with Crippen molar-refractivity contribution in [3.8, 4) is 0 Å². The van der Waals surface area contributed by atoms with E-state index in [1.165, 1.54) is 15.9 Å². The Labute approximate surface area is 277 Å². The quantitative estimate of drug-likeness (QED) is 0.0478. The maximum Gasteiger partial charge on any atom is 0.187 e. The second-order valence-electron chi connectivity index (χ2n) is 9.90. The van der Waals surface area contributed by atoms with E-state index in [4.69, 9.17) is 29.2 Å². The van der Waals surface area contributed by atoms with Gasteiger partial charge in [0.25, 0.3) is 0 Å². The lowest BCUT2D eigenvalue weighted by atomic mass is 10.1. The molecular weight excluding hydrogens is 618 g/mol. The first kappa shape index (κ1) is 33.7. The predicted molar refractivity (Wildman–Crippen MR) is 200 cm³/mol. The lowest BCUT2D eigenvalue weighted by Gasteiger charge is -2.27. The molecule has 0 atom stereocenters. The summed E-state index contributed by atoms with van der Waals surface area (Å²) in [5.74, 6) is 0. The Morgan fingerprint density at radius 2 is 1.20 bits per heavy atom. The SMILES string of the molecule is CNC(=S)N/N=C(/C(C)=N/NC(=S)NCCOC[P+](c1ccccc1)(c1ccccc1)c1ccccc1)c1ccc(NC)cc1. The molecule has 5 N–H and O–H groups in total. The monoisotopic (exact) mass is 656 g/mol. The third-order valence-corrected chi connectivity index (χ3v) is 11.7. The molecule has 0 amide bonds. The van der Waals surface area contributed by atoms with Gasteiger partial charge < -0.3 is 20.7 Å². The van der Waals surface area contributed by atoms with E-state index in [2.05, 4.69) is 128 Å². The number of hydrogen-bond donors (Lipinski definition) is 5. The van der Waals surface area contributed by atoms with Gasteiger partial charge in [-0.2, -0.15) is 10.2 Å². The summed E-state index contributed by atoms with van der Waals surface area (Å²) >= 11 is 10.7. The molecule has 8 nitrogen and oxygen atoms in total. The van der Waals surface area contributed by atoms with E-state index in [9.17, 15) is 0 Å². The lowest BCUT2D eigenvalue weighted by Crippen LogP contribution is -2.37. The molecule has 0 aliphatic carbocycles. The smallest absolute Gasteiger partial charge is 0.187 e. The second kappa shape index (κ2) is 17.3. The highest BCUT2D eigenvalue weighted by molar-refractivity contribution is 7.95. The van der Waals surface area contributed by atoms with E-state index >= 15 is 0 Å². The zero-order valence-corrected chi connectivity index (χ0v) is 28.2. The first-order chi connectivity index (χ1) is 22.0. The van der Waals surface area contributed by atoms with Gasteiger partial charge in [0.2, 0.25) is 0 Å². The highest BCUT2D eigenvalue weighted by Crippen LogP contribution is 2.55. The third-order valence-electron chi connectivity index (χ3n) is 7.02. The van der Waals surface area contributed by atoms with Crippen molar-refractivity contribution < 1.29 is 4.74 Å². The fourth-order valence-corrected chi connectivity index (χ4v) is 8.68. The van der Waals surface area contributed by atoms with E-state index in [-0.39, 0.29) is 0 Å². The molecule has 0 unspecified atom stereocenters. The molecular formula is C34H39N7OPS2+. The van der Waals surface area contributed by atoms with Crippen LogP contribution in [0.1, 0.15) is 12.5 Å². The Bertz CT molecular complexity index is 1490. The molecule has 45 heavy (non-hydrogen) atoms. The number of ether oxygens (including phenoxy) is 1. The molecule has 4 rings (SSSR count). The lowest BCUT2D eigenvalue weighted by molar-refractivity contribution is 0.185. The zero-order valence-electron chi connectivity index (χ0n) is 25.7. The van der Waals surface area contributed by atoms with Gasteiger partial charge in [-0.05, 0) is 79.9 Å². The maximum absolute atomic E-state index is 6.43. The average Bonchev–Trinajstić information content (AvgIpc) is 3.10. The van der Waals surface area contributed by atoms with Crippen LogP contribution >= 0.6 is 31.7 Å². The van der Waals surface area contributed by atoms with Crippen molar-refractivity contribution in [1.29, 1.82) is 0 Å². The molecule has 0 aliphatic heterocycles. The fourth-order valence-electron chi connectivity index (χ4n) is 4.70. The Morgan fingerprint density at radius 3 is 1.69 bits per heavy atom. The second-order valence-corrected chi connectivity index (χ2v) is 14.1. The molecule has 4 aromatic rings. The summed E-state index contributed by atoms with van der Waals surface area (Å²) in [5, 5.41) is 22.8. The normalized spacial score (nSPS) is 11.8.